The molecule has 0 aliphatic carbocycles. The second-order valence-corrected chi connectivity index (χ2v) is 4.26. The summed E-state index contributed by atoms with van der Waals surface area (Å²) in [6.07, 6.45) is 0. The summed E-state index contributed by atoms with van der Waals surface area (Å²) in [6.45, 7) is 4.81. The van der Waals surface area contributed by atoms with Gasteiger partial charge in [0.2, 0.25) is 11.8 Å². The van der Waals surface area contributed by atoms with E-state index in [4.69, 9.17) is 0 Å². The summed E-state index contributed by atoms with van der Waals surface area (Å²) in [5, 5.41) is 8.36. The third-order valence-corrected chi connectivity index (χ3v) is 2.65. The van der Waals surface area contributed by atoms with E-state index in [0.29, 0.717) is 13.1 Å². The van der Waals surface area contributed by atoms with Crippen molar-refractivity contribution in [3.63, 3.8) is 0 Å². The van der Waals surface area contributed by atoms with Crippen molar-refractivity contribution in [2.24, 2.45) is 0 Å². The molecule has 0 fully saturated rings. The van der Waals surface area contributed by atoms with E-state index < -0.39 is 0 Å². The Morgan fingerprint density at radius 2 is 1.84 bits per heavy atom. The monoisotopic (exact) mass is 263 g/mol. The molecule has 0 saturated heterocycles. The summed E-state index contributed by atoms with van der Waals surface area (Å²) in [7, 11) is 0. The molecule has 1 atom stereocenters. The summed E-state index contributed by atoms with van der Waals surface area (Å²) >= 11 is 0. The van der Waals surface area contributed by atoms with E-state index in [-0.39, 0.29) is 24.4 Å². The lowest BCUT2D eigenvalue weighted by Crippen LogP contribution is -2.45. The summed E-state index contributed by atoms with van der Waals surface area (Å²) in [5.41, 5.74) is 1.05. The number of hydrogen-bond acceptors (Lipinski definition) is 3. The summed E-state index contributed by atoms with van der Waals surface area (Å²) in [6, 6.07) is 9.31. The lowest BCUT2D eigenvalue weighted by Gasteiger charge is -2.13. The highest BCUT2D eigenvalue weighted by Crippen LogP contribution is 1.96. The van der Waals surface area contributed by atoms with E-state index in [1.807, 2.05) is 37.3 Å². The van der Waals surface area contributed by atoms with Gasteiger partial charge < -0.3 is 10.6 Å². The maximum atomic E-state index is 11.6. The van der Waals surface area contributed by atoms with Gasteiger partial charge in [0.05, 0.1) is 12.6 Å². The molecule has 1 aromatic carbocycles. The van der Waals surface area contributed by atoms with Crippen LogP contribution in [0.1, 0.15) is 19.4 Å². The second-order valence-electron chi connectivity index (χ2n) is 4.26. The molecule has 0 heterocycles. The van der Waals surface area contributed by atoms with Crippen molar-refractivity contribution < 1.29 is 9.59 Å². The Balaban J connectivity index is 2.23. The number of hydrogen-bond donors (Lipinski definition) is 3. The minimum atomic E-state index is -0.373. The molecule has 0 bridgehead atoms. The first-order chi connectivity index (χ1) is 9.13. The van der Waals surface area contributed by atoms with Crippen LogP contribution in [-0.2, 0) is 16.1 Å². The Labute approximate surface area is 113 Å². The number of benzene rings is 1. The lowest BCUT2D eigenvalue weighted by molar-refractivity contribution is -0.123. The van der Waals surface area contributed by atoms with Gasteiger partial charge in [-0.25, -0.2) is 0 Å². The average molecular weight is 263 g/mol. The van der Waals surface area contributed by atoms with Crippen molar-refractivity contribution in [1.29, 1.82) is 0 Å². The number of carbonyl (C=O) groups is 2. The van der Waals surface area contributed by atoms with Crippen LogP contribution in [0.4, 0.5) is 0 Å². The van der Waals surface area contributed by atoms with Crippen molar-refractivity contribution in [2.75, 3.05) is 13.1 Å². The zero-order valence-electron chi connectivity index (χ0n) is 11.4. The first-order valence-electron chi connectivity index (χ1n) is 6.45. The molecule has 0 aliphatic rings. The first kappa shape index (κ1) is 15.2. The quantitative estimate of drug-likeness (QED) is 0.667. The van der Waals surface area contributed by atoms with E-state index in [9.17, 15) is 9.59 Å². The van der Waals surface area contributed by atoms with Gasteiger partial charge >= 0.3 is 0 Å². The minimum Gasteiger partial charge on any atom is -0.355 e. The standard InChI is InChI=1S/C14H21N3O2/c1-3-15-14(19)11(2)16-10-13(18)17-9-12-7-5-4-6-8-12/h4-8,11,16H,3,9-10H2,1-2H3,(H,15,19)(H,17,18). The van der Waals surface area contributed by atoms with E-state index in [2.05, 4.69) is 16.0 Å². The van der Waals surface area contributed by atoms with Crippen molar-refractivity contribution in [2.45, 2.75) is 26.4 Å². The van der Waals surface area contributed by atoms with E-state index in [1.54, 1.807) is 6.92 Å². The van der Waals surface area contributed by atoms with Crippen LogP contribution in [0.5, 0.6) is 0 Å². The minimum absolute atomic E-state index is 0.0987. The molecule has 0 saturated carbocycles. The molecule has 19 heavy (non-hydrogen) atoms. The van der Waals surface area contributed by atoms with E-state index >= 15 is 0 Å². The molecule has 5 heteroatoms. The van der Waals surface area contributed by atoms with Crippen LogP contribution in [0.2, 0.25) is 0 Å². The topological polar surface area (TPSA) is 70.2 Å². The molecule has 1 aromatic rings. The Morgan fingerprint density at radius 1 is 1.16 bits per heavy atom. The maximum absolute atomic E-state index is 11.6. The number of amides is 2. The highest BCUT2D eigenvalue weighted by Gasteiger charge is 2.12. The normalized spacial score (nSPS) is 11.7. The van der Waals surface area contributed by atoms with Crippen molar-refractivity contribution in [3.8, 4) is 0 Å². The van der Waals surface area contributed by atoms with Gasteiger partial charge in [0, 0.05) is 13.1 Å². The Bertz CT molecular complexity index is 406. The summed E-state index contributed by atoms with van der Waals surface area (Å²) in [5.74, 6) is -0.224. The molecular weight excluding hydrogens is 242 g/mol. The van der Waals surface area contributed by atoms with Gasteiger partial charge in [-0.05, 0) is 19.4 Å². The Hall–Kier alpha value is -1.88. The Morgan fingerprint density at radius 3 is 2.47 bits per heavy atom. The first-order valence-corrected chi connectivity index (χ1v) is 6.45. The SMILES string of the molecule is CCNC(=O)C(C)NCC(=O)NCc1ccccc1. The fourth-order valence-corrected chi connectivity index (χ4v) is 1.52. The van der Waals surface area contributed by atoms with Gasteiger partial charge in [-0.1, -0.05) is 30.3 Å². The zero-order valence-corrected chi connectivity index (χ0v) is 11.4. The third-order valence-electron chi connectivity index (χ3n) is 2.65. The van der Waals surface area contributed by atoms with Crippen LogP contribution in [-0.4, -0.2) is 30.9 Å². The Kier molecular flexibility index (Phi) is 6.60. The second kappa shape index (κ2) is 8.26. The number of rotatable bonds is 7. The lowest BCUT2D eigenvalue weighted by atomic mass is 10.2. The van der Waals surface area contributed by atoms with Crippen molar-refractivity contribution in [3.05, 3.63) is 35.9 Å². The molecule has 0 radical (unpaired) electrons. The van der Waals surface area contributed by atoms with Gasteiger partial charge in [0.25, 0.3) is 0 Å². The van der Waals surface area contributed by atoms with Crippen molar-refractivity contribution >= 4 is 11.8 Å². The average Bonchev–Trinajstić information content (AvgIpc) is 2.43. The molecule has 0 aromatic heterocycles. The van der Waals surface area contributed by atoms with Crippen LogP contribution in [0, 0.1) is 0 Å². The number of carbonyl (C=O) groups excluding carboxylic acids is 2. The van der Waals surface area contributed by atoms with Gasteiger partial charge in [-0.2, -0.15) is 0 Å². The summed E-state index contributed by atoms with van der Waals surface area (Å²) in [4.78, 5) is 23.0. The predicted molar refractivity (Wildman–Crippen MR) is 74.4 cm³/mol. The maximum Gasteiger partial charge on any atom is 0.236 e. The predicted octanol–water partition coefficient (Wildman–Crippen LogP) is 0.417. The highest BCUT2D eigenvalue weighted by atomic mass is 16.2. The number of nitrogens with one attached hydrogen (secondary N) is 3. The largest absolute Gasteiger partial charge is 0.355 e. The fraction of sp³-hybridized carbons (Fsp3) is 0.429. The zero-order chi connectivity index (χ0) is 14.1. The van der Waals surface area contributed by atoms with Crippen LogP contribution < -0.4 is 16.0 Å². The van der Waals surface area contributed by atoms with Gasteiger partial charge in [-0.15, -0.1) is 0 Å². The van der Waals surface area contributed by atoms with E-state index in [0.717, 1.165) is 5.56 Å². The van der Waals surface area contributed by atoms with Crippen LogP contribution in [0.15, 0.2) is 30.3 Å². The van der Waals surface area contributed by atoms with Crippen molar-refractivity contribution in [1.82, 2.24) is 16.0 Å². The van der Waals surface area contributed by atoms with Crippen LogP contribution >= 0.6 is 0 Å². The molecule has 0 aliphatic heterocycles. The highest BCUT2D eigenvalue weighted by molar-refractivity contribution is 5.83. The van der Waals surface area contributed by atoms with Crippen LogP contribution in [0.3, 0.4) is 0 Å². The van der Waals surface area contributed by atoms with Gasteiger partial charge in [0.15, 0.2) is 0 Å². The molecular formula is C14H21N3O2. The molecule has 5 nitrogen and oxygen atoms in total. The molecule has 0 spiro atoms. The molecule has 2 amide bonds. The molecule has 1 rings (SSSR count). The molecule has 104 valence electrons. The molecule has 3 N–H and O–H groups in total. The van der Waals surface area contributed by atoms with Gasteiger partial charge in [-0.3, -0.25) is 14.9 Å². The van der Waals surface area contributed by atoms with Crippen LogP contribution in [0.25, 0.3) is 0 Å². The molecule has 1 unspecified atom stereocenters. The third kappa shape index (κ3) is 6.01. The van der Waals surface area contributed by atoms with E-state index in [1.165, 1.54) is 0 Å². The van der Waals surface area contributed by atoms with Gasteiger partial charge in [0.1, 0.15) is 0 Å². The summed E-state index contributed by atoms with van der Waals surface area (Å²) < 4.78 is 0. The fourth-order valence-electron chi connectivity index (χ4n) is 1.52. The number of likely N-dealkylation sites (N-methyl/N-ethyl adjacent to an activating group) is 1. The smallest absolute Gasteiger partial charge is 0.236 e.